The molecule has 9 heteroatoms. The number of phenolic OH excluding ortho intramolecular Hbond substituents is 1. The van der Waals surface area contributed by atoms with Crippen LogP contribution in [0.4, 0.5) is 0 Å². The fourth-order valence-electron chi connectivity index (χ4n) is 4.31. The second-order valence-electron chi connectivity index (χ2n) is 8.71. The molecule has 5 aromatic rings. The smallest absolute Gasteiger partial charge is 0.275 e. The summed E-state index contributed by atoms with van der Waals surface area (Å²) in [6, 6.07) is 23.6. The fraction of sp³-hybridized carbons (Fsp3) is 0.100. The molecular weight excluding hydrogens is 516 g/mol. The van der Waals surface area contributed by atoms with E-state index in [1.165, 1.54) is 12.3 Å². The molecule has 0 bridgehead atoms. The van der Waals surface area contributed by atoms with Gasteiger partial charge in [-0.3, -0.25) is 9.48 Å². The van der Waals surface area contributed by atoms with E-state index in [-0.39, 0.29) is 11.3 Å². The van der Waals surface area contributed by atoms with E-state index in [1.807, 2.05) is 60.8 Å². The number of rotatable bonds is 8. The number of methoxy groups -OCH3 is 2. The molecule has 0 radical (unpaired) electrons. The van der Waals surface area contributed by atoms with E-state index in [9.17, 15) is 9.90 Å². The van der Waals surface area contributed by atoms with Crippen molar-refractivity contribution in [1.82, 2.24) is 15.2 Å². The van der Waals surface area contributed by atoms with Crippen LogP contribution in [-0.2, 0) is 6.54 Å². The van der Waals surface area contributed by atoms with Crippen LogP contribution in [0.2, 0.25) is 5.02 Å². The third kappa shape index (κ3) is 5.56. The van der Waals surface area contributed by atoms with Crippen molar-refractivity contribution in [1.29, 1.82) is 0 Å². The van der Waals surface area contributed by atoms with Crippen LogP contribution in [0.1, 0.15) is 21.5 Å². The van der Waals surface area contributed by atoms with Gasteiger partial charge in [0.25, 0.3) is 5.91 Å². The predicted octanol–water partition coefficient (Wildman–Crippen LogP) is 5.89. The molecule has 0 spiro atoms. The summed E-state index contributed by atoms with van der Waals surface area (Å²) in [7, 11) is 3.15. The molecule has 0 aliphatic carbocycles. The minimum atomic E-state index is -0.526. The number of phenols is 1. The number of hydrazone groups is 1. The molecule has 196 valence electrons. The lowest BCUT2D eigenvalue weighted by molar-refractivity contribution is 0.0954. The number of fused-ring (bicyclic) bond motifs is 1. The number of carbonyl (C=O) groups is 1. The van der Waals surface area contributed by atoms with Gasteiger partial charge in [0.15, 0.2) is 11.5 Å². The number of carbonyl (C=O) groups excluding carboxylic acids is 1. The Bertz CT molecular complexity index is 1680. The molecule has 0 aliphatic heterocycles. The van der Waals surface area contributed by atoms with Crippen molar-refractivity contribution < 1.29 is 19.4 Å². The average Bonchev–Trinajstić information content (AvgIpc) is 3.35. The minimum absolute atomic E-state index is 0.122. The first-order chi connectivity index (χ1) is 19.0. The quantitative estimate of drug-likeness (QED) is 0.189. The molecule has 39 heavy (non-hydrogen) atoms. The summed E-state index contributed by atoms with van der Waals surface area (Å²) in [5.74, 6) is 0.508. The van der Waals surface area contributed by atoms with Crippen LogP contribution in [0, 0.1) is 0 Å². The summed E-state index contributed by atoms with van der Waals surface area (Å²) in [5, 5.41) is 21.5. The van der Waals surface area contributed by atoms with Crippen molar-refractivity contribution in [2.45, 2.75) is 6.54 Å². The lowest BCUT2D eigenvalue weighted by atomic mass is 10.0. The summed E-state index contributed by atoms with van der Waals surface area (Å²) in [6.45, 7) is 0.502. The van der Waals surface area contributed by atoms with Crippen molar-refractivity contribution >= 4 is 34.5 Å². The van der Waals surface area contributed by atoms with Crippen molar-refractivity contribution in [2.24, 2.45) is 5.10 Å². The van der Waals surface area contributed by atoms with Crippen LogP contribution in [-0.4, -0.2) is 41.2 Å². The number of benzene rings is 4. The van der Waals surface area contributed by atoms with E-state index in [4.69, 9.17) is 26.2 Å². The van der Waals surface area contributed by atoms with Gasteiger partial charge in [-0.25, -0.2) is 5.43 Å². The number of ether oxygens (including phenoxy) is 2. The molecule has 0 aliphatic rings. The first kappa shape index (κ1) is 25.8. The van der Waals surface area contributed by atoms with E-state index in [2.05, 4.69) is 10.5 Å². The third-order valence-electron chi connectivity index (χ3n) is 6.21. The van der Waals surface area contributed by atoms with Gasteiger partial charge in [0.2, 0.25) is 0 Å². The van der Waals surface area contributed by atoms with Crippen LogP contribution in [0.5, 0.6) is 17.2 Å². The van der Waals surface area contributed by atoms with Crippen molar-refractivity contribution in [2.75, 3.05) is 14.2 Å². The van der Waals surface area contributed by atoms with Gasteiger partial charge < -0.3 is 14.6 Å². The average molecular weight is 541 g/mol. The number of aromatic hydroxyl groups is 1. The van der Waals surface area contributed by atoms with E-state index in [1.54, 1.807) is 37.1 Å². The summed E-state index contributed by atoms with van der Waals surface area (Å²) in [5.41, 5.74) is 5.79. The Hall–Kier alpha value is -4.82. The zero-order chi connectivity index (χ0) is 27.4. The molecule has 5 rings (SSSR count). The van der Waals surface area contributed by atoms with Gasteiger partial charge in [-0.05, 0) is 52.7 Å². The Morgan fingerprint density at radius 1 is 1.03 bits per heavy atom. The third-order valence-corrected chi connectivity index (χ3v) is 6.46. The van der Waals surface area contributed by atoms with Crippen molar-refractivity contribution in [3.05, 3.63) is 107 Å². The maximum absolute atomic E-state index is 13.0. The molecule has 4 aromatic carbocycles. The molecule has 1 amide bonds. The maximum Gasteiger partial charge on any atom is 0.275 e. The number of nitrogens with one attached hydrogen (secondary N) is 1. The standard InChI is InChI=1S/C30H25ClN4O4/c1-38-26-14-10-21(15-27(26)39-2)29-22(18-35(34-29)17-19-7-11-23(31)12-8-19)16-32-33-30(37)28-24-6-4-3-5-20(24)9-13-25(28)36/h3-16,18,36H,17H2,1-2H3,(H,33,37). The molecule has 1 heterocycles. The van der Waals surface area contributed by atoms with Gasteiger partial charge in [-0.15, -0.1) is 0 Å². The van der Waals surface area contributed by atoms with Crippen LogP contribution < -0.4 is 14.9 Å². The van der Waals surface area contributed by atoms with Gasteiger partial charge in [0.05, 0.1) is 32.5 Å². The molecule has 8 nitrogen and oxygen atoms in total. The van der Waals surface area contributed by atoms with E-state index < -0.39 is 5.91 Å². The Morgan fingerprint density at radius 2 is 1.79 bits per heavy atom. The monoisotopic (exact) mass is 540 g/mol. The summed E-state index contributed by atoms with van der Waals surface area (Å²) in [4.78, 5) is 13.0. The van der Waals surface area contributed by atoms with Crippen LogP contribution in [0.25, 0.3) is 22.0 Å². The van der Waals surface area contributed by atoms with Gasteiger partial charge >= 0.3 is 0 Å². The number of hydrogen-bond donors (Lipinski definition) is 2. The Morgan fingerprint density at radius 3 is 2.56 bits per heavy atom. The molecule has 0 saturated heterocycles. The fourth-order valence-corrected chi connectivity index (χ4v) is 4.44. The molecule has 1 aromatic heterocycles. The zero-order valence-corrected chi connectivity index (χ0v) is 22.0. The molecule has 0 atom stereocenters. The lowest BCUT2D eigenvalue weighted by Crippen LogP contribution is -2.18. The zero-order valence-electron chi connectivity index (χ0n) is 21.3. The molecule has 0 fully saturated rings. The van der Waals surface area contributed by atoms with E-state index >= 15 is 0 Å². The molecule has 0 saturated carbocycles. The minimum Gasteiger partial charge on any atom is -0.507 e. The highest BCUT2D eigenvalue weighted by molar-refractivity contribution is 6.30. The van der Waals surface area contributed by atoms with E-state index in [0.717, 1.165) is 16.5 Å². The highest BCUT2D eigenvalue weighted by Crippen LogP contribution is 2.33. The molecular formula is C30H25ClN4O4. The number of nitrogens with zero attached hydrogens (tertiary/aromatic N) is 3. The largest absolute Gasteiger partial charge is 0.507 e. The number of halogens is 1. The van der Waals surface area contributed by atoms with Gasteiger partial charge in [0.1, 0.15) is 11.4 Å². The van der Waals surface area contributed by atoms with Crippen molar-refractivity contribution in [3.8, 4) is 28.5 Å². The van der Waals surface area contributed by atoms with Crippen LogP contribution in [0.15, 0.2) is 90.2 Å². The number of amides is 1. The lowest BCUT2D eigenvalue weighted by Gasteiger charge is -2.09. The summed E-state index contributed by atoms with van der Waals surface area (Å²) >= 11 is 6.03. The second kappa shape index (κ2) is 11.3. The normalized spacial score (nSPS) is 11.2. The van der Waals surface area contributed by atoms with E-state index in [0.29, 0.717) is 39.7 Å². The molecule has 0 unspecified atom stereocenters. The topological polar surface area (TPSA) is 98.0 Å². The Labute approximate surface area is 230 Å². The van der Waals surface area contributed by atoms with Gasteiger partial charge in [0, 0.05) is 22.3 Å². The second-order valence-corrected chi connectivity index (χ2v) is 9.14. The Balaban J connectivity index is 1.47. The summed E-state index contributed by atoms with van der Waals surface area (Å²) in [6.07, 6.45) is 3.36. The van der Waals surface area contributed by atoms with Crippen LogP contribution >= 0.6 is 11.6 Å². The van der Waals surface area contributed by atoms with Crippen LogP contribution in [0.3, 0.4) is 0 Å². The summed E-state index contributed by atoms with van der Waals surface area (Å²) < 4.78 is 12.6. The maximum atomic E-state index is 13.0. The molecule has 2 N–H and O–H groups in total. The van der Waals surface area contributed by atoms with Crippen molar-refractivity contribution in [3.63, 3.8) is 0 Å². The van der Waals surface area contributed by atoms with Gasteiger partial charge in [-0.2, -0.15) is 10.2 Å². The predicted molar refractivity (Wildman–Crippen MR) is 152 cm³/mol. The Kier molecular flexibility index (Phi) is 7.47. The highest BCUT2D eigenvalue weighted by atomic mass is 35.5. The first-order valence-corrected chi connectivity index (χ1v) is 12.4. The number of hydrogen-bond acceptors (Lipinski definition) is 6. The van der Waals surface area contributed by atoms with Gasteiger partial charge in [-0.1, -0.05) is 54.1 Å². The number of aromatic nitrogens is 2. The first-order valence-electron chi connectivity index (χ1n) is 12.0. The SMILES string of the molecule is COc1ccc(-c2nn(Cc3ccc(Cl)cc3)cc2C=NNC(=O)c2c(O)ccc3ccccc23)cc1OC. The highest BCUT2D eigenvalue weighted by Gasteiger charge is 2.16.